The molecule has 0 aromatic heterocycles. The normalized spacial score (nSPS) is 39.3. The number of nitrogens with one attached hydrogen (secondary N) is 1. The molecule has 0 spiro atoms. The Morgan fingerprint density at radius 3 is 2.73 bits per heavy atom. The molecule has 2 bridgehead atoms. The molecular formula is C10H19N. The molecular weight excluding hydrogens is 134 g/mol. The van der Waals surface area contributed by atoms with Crippen LogP contribution in [-0.4, -0.2) is 12.6 Å². The monoisotopic (exact) mass is 153 g/mol. The van der Waals surface area contributed by atoms with Gasteiger partial charge in [-0.2, -0.15) is 0 Å². The third-order valence-electron chi connectivity index (χ3n) is 3.31. The van der Waals surface area contributed by atoms with Crippen LogP contribution in [0.15, 0.2) is 0 Å². The molecule has 2 rings (SSSR count). The lowest BCUT2D eigenvalue weighted by Crippen LogP contribution is -2.30. The molecule has 2 atom stereocenters. The van der Waals surface area contributed by atoms with Gasteiger partial charge in [-0.15, -0.1) is 0 Å². The van der Waals surface area contributed by atoms with E-state index in [2.05, 4.69) is 5.32 Å². The van der Waals surface area contributed by atoms with Gasteiger partial charge in [-0.1, -0.05) is 12.8 Å². The average molecular weight is 153 g/mol. The minimum absolute atomic E-state index is 0.875. The number of rotatable bonds is 0. The second-order valence-corrected chi connectivity index (χ2v) is 4.17. The number of hydrogen-bond acceptors (Lipinski definition) is 1. The Morgan fingerprint density at radius 2 is 1.73 bits per heavy atom. The Morgan fingerprint density at radius 1 is 0.818 bits per heavy atom. The van der Waals surface area contributed by atoms with Crippen LogP contribution in [0.3, 0.4) is 0 Å². The van der Waals surface area contributed by atoms with E-state index in [1.807, 2.05) is 0 Å². The van der Waals surface area contributed by atoms with Crippen molar-refractivity contribution in [3.63, 3.8) is 0 Å². The highest BCUT2D eigenvalue weighted by molar-refractivity contribution is 4.77. The first-order valence-electron chi connectivity index (χ1n) is 5.18. The maximum Gasteiger partial charge on any atom is 0.00671 e. The van der Waals surface area contributed by atoms with E-state index in [1.165, 1.54) is 51.5 Å². The molecule has 1 aliphatic heterocycles. The van der Waals surface area contributed by atoms with Crippen molar-refractivity contribution in [2.24, 2.45) is 5.92 Å². The first-order chi connectivity index (χ1) is 5.45. The molecule has 2 fully saturated rings. The molecule has 1 nitrogen and oxygen atoms in total. The van der Waals surface area contributed by atoms with Crippen molar-refractivity contribution in [2.45, 2.75) is 51.0 Å². The molecule has 11 heavy (non-hydrogen) atoms. The van der Waals surface area contributed by atoms with E-state index in [9.17, 15) is 0 Å². The molecule has 2 unspecified atom stereocenters. The number of fused-ring (bicyclic) bond motifs is 3. The van der Waals surface area contributed by atoms with E-state index in [0.717, 1.165) is 12.0 Å². The molecule has 0 amide bonds. The molecule has 1 heterocycles. The molecule has 1 heteroatoms. The number of hydrogen-bond donors (Lipinski definition) is 1. The van der Waals surface area contributed by atoms with Crippen LogP contribution in [0.5, 0.6) is 0 Å². The van der Waals surface area contributed by atoms with Crippen molar-refractivity contribution >= 4 is 0 Å². The van der Waals surface area contributed by atoms with Gasteiger partial charge in [0.25, 0.3) is 0 Å². The fourth-order valence-corrected chi connectivity index (χ4v) is 2.57. The van der Waals surface area contributed by atoms with Crippen molar-refractivity contribution < 1.29 is 0 Å². The third-order valence-corrected chi connectivity index (χ3v) is 3.31. The first-order valence-corrected chi connectivity index (χ1v) is 5.18. The highest BCUT2D eigenvalue weighted by Gasteiger charge is 2.20. The zero-order valence-electron chi connectivity index (χ0n) is 7.31. The molecule has 64 valence electrons. The van der Waals surface area contributed by atoms with Crippen LogP contribution in [0.1, 0.15) is 44.9 Å². The second kappa shape index (κ2) is 3.57. The van der Waals surface area contributed by atoms with Crippen molar-refractivity contribution in [2.75, 3.05) is 6.54 Å². The predicted molar refractivity (Wildman–Crippen MR) is 47.6 cm³/mol. The van der Waals surface area contributed by atoms with E-state index in [0.29, 0.717) is 0 Å². The van der Waals surface area contributed by atoms with Gasteiger partial charge in [0.05, 0.1) is 0 Å². The summed E-state index contributed by atoms with van der Waals surface area (Å²) >= 11 is 0. The Kier molecular flexibility index (Phi) is 2.47. The van der Waals surface area contributed by atoms with Crippen LogP contribution < -0.4 is 5.32 Å². The van der Waals surface area contributed by atoms with E-state index < -0.39 is 0 Å². The van der Waals surface area contributed by atoms with Crippen LogP contribution >= 0.6 is 0 Å². The smallest absolute Gasteiger partial charge is 0.00671 e. The minimum Gasteiger partial charge on any atom is -0.314 e. The van der Waals surface area contributed by atoms with Gasteiger partial charge in [0.15, 0.2) is 0 Å². The molecule has 0 radical (unpaired) electrons. The molecule has 2 aliphatic rings. The first kappa shape index (κ1) is 7.60. The van der Waals surface area contributed by atoms with Gasteiger partial charge in [-0.3, -0.25) is 0 Å². The third kappa shape index (κ3) is 1.96. The van der Waals surface area contributed by atoms with E-state index in [4.69, 9.17) is 0 Å². The molecule has 1 saturated carbocycles. The van der Waals surface area contributed by atoms with Gasteiger partial charge in [0.1, 0.15) is 0 Å². The Bertz CT molecular complexity index is 104. The minimum atomic E-state index is 0.875. The Labute approximate surface area is 69.6 Å². The van der Waals surface area contributed by atoms with Crippen LogP contribution in [0, 0.1) is 5.92 Å². The predicted octanol–water partition coefficient (Wildman–Crippen LogP) is 2.32. The van der Waals surface area contributed by atoms with Crippen LogP contribution in [0.4, 0.5) is 0 Å². The Balaban J connectivity index is 1.97. The summed E-state index contributed by atoms with van der Waals surface area (Å²) in [6, 6.07) is 0.875. The molecule has 1 aliphatic carbocycles. The van der Waals surface area contributed by atoms with Crippen molar-refractivity contribution in [1.29, 1.82) is 0 Å². The molecule has 1 N–H and O–H groups in total. The lowest BCUT2D eigenvalue weighted by molar-refractivity contribution is 0.366. The quantitative estimate of drug-likeness (QED) is 0.563. The van der Waals surface area contributed by atoms with Gasteiger partial charge in [0.2, 0.25) is 0 Å². The van der Waals surface area contributed by atoms with Crippen LogP contribution in [-0.2, 0) is 0 Å². The van der Waals surface area contributed by atoms with E-state index in [-0.39, 0.29) is 0 Å². The lowest BCUT2D eigenvalue weighted by atomic mass is 9.94. The summed E-state index contributed by atoms with van der Waals surface area (Å²) in [5.41, 5.74) is 0. The highest BCUT2D eigenvalue weighted by atomic mass is 14.9. The van der Waals surface area contributed by atoms with Gasteiger partial charge in [-0.05, 0) is 44.6 Å². The van der Waals surface area contributed by atoms with Crippen molar-refractivity contribution in [3.05, 3.63) is 0 Å². The maximum absolute atomic E-state index is 3.65. The summed E-state index contributed by atoms with van der Waals surface area (Å²) in [5.74, 6) is 1.09. The van der Waals surface area contributed by atoms with Crippen LogP contribution in [0.2, 0.25) is 0 Å². The fourth-order valence-electron chi connectivity index (χ4n) is 2.57. The molecule has 0 aromatic carbocycles. The second-order valence-electron chi connectivity index (χ2n) is 4.17. The summed E-state index contributed by atoms with van der Waals surface area (Å²) < 4.78 is 0. The summed E-state index contributed by atoms with van der Waals surface area (Å²) in [4.78, 5) is 0. The topological polar surface area (TPSA) is 12.0 Å². The molecule has 1 saturated heterocycles. The standard InChI is InChI=1S/C10H19N/c1-3-9-4-2-8-11-10(5-1)7-6-9/h9-11H,1-8H2. The van der Waals surface area contributed by atoms with Gasteiger partial charge in [0, 0.05) is 6.04 Å². The van der Waals surface area contributed by atoms with Gasteiger partial charge in [-0.25, -0.2) is 0 Å². The van der Waals surface area contributed by atoms with Gasteiger partial charge < -0.3 is 5.32 Å². The summed E-state index contributed by atoms with van der Waals surface area (Å²) in [5, 5.41) is 3.65. The lowest BCUT2D eigenvalue weighted by Gasteiger charge is -2.20. The van der Waals surface area contributed by atoms with Crippen molar-refractivity contribution in [1.82, 2.24) is 5.32 Å². The Hall–Kier alpha value is -0.0400. The largest absolute Gasteiger partial charge is 0.314 e. The van der Waals surface area contributed by atoms with Crippen LogP contribution in [0.25, 0.3) is 0 Å². The SMILES string of the molecule is C1CNC2CCCC(C1)CC2. The zero-order valence-corrected chi connectivity index (χ0v) is 7.31. The maximum atomic E-state index is 3.65. The zero-order chi connectivity index (χ0) is 7.52. The molecule has 0 aromatic rings. The fraction of sp³-hybridized carbons (Fsp3) is 1.00. The summed E-state index contributed by atoms with van der Waals surface area (Å²) in [6.45, 7) is 1.28. The highest BCUT2D eigenvalue weighted by Crippen LogP contribution is 2.28. The summed E-state index contributed by atoms with van der Waals surface area (Å²) in [6.07, 6.45) is 10.3. The van der Waals surface area contributed by atoms with Crippen molar-refractivity contribution in [3.8, 4) is 0 Å². The van der Waals surface area contributed by atoms with E-state index >= 15 is 0 Å². The van der Waals surface area contributed by atoms with Gasteiger partial charge >= 0.3 is 0 Å². The average Bonchev–Trinajstić information content (AvgIpc) is 2.11. The summed E-state index contributed by atoms with van der Waals surface area (Å²) in [7, 11) is 0. The van der Waals surface area contributed by atoms with E-state index in [1.54, 1.807) is 0 Å².